The molecule has 1 N–H and O–H groups in total. The topological polar surface area (TPSA) is 64.6 Å². The lowest BCUT2D eigenvalue weighted by Crippen LogP contribution is -2.32. The Hall–Kier alpha value is -1.88. The number of nitrogens with one attached hydrogen (secondary N) is 1. The van der Waals surface area contributed by atoms with Crippen LogP contribution in [0.4, 0.5) is 0 Å². The maximum absolute atomic E-state index is 12.1. The fraction of sp³-hybridized carbons (Fsp3) is 0.579. The molecule has 0 heterocycles. The van der Waals surface area contributed by atoms with Gasteiger partial charge in [0.2, 0.25) is 0 Å². The van der Waals surface area contributed by atoms with E-state index in [1.807, 2.05) is 13.1 Å². The summed E-state index contributed by atoms with van der Waals surface area (Å²) in [5.74, 6) is -0.396. The van der Waals surface area contributed by atoms with E-state index in [1.54, 1.807) is 33.8 Å². The molecule has 1 atom stereocenters. The van der Waals surface area contributed by atoms with Gasteiger partial charge >= 0.3 is 11.9 Å². The van der Waals surface area contributed by atoms with Crippen LogP contribution in [-0.2, 0) is 22.4 Å². The Kier molecular flexibility index (Phi) is 5.99. The number of esters is 2. The minimum absolute atomic E-state index is 0.247. The van der Waals surface area contributed by atoms with Crippen LogP contribution >= 0.6 is 0 Å². The normalized spacial score (nSPS) is 16.9. The predicted molar refractivity (Wildman–Crippen MR) is 92.3 cm³/mol. The van der Waals surface area contributed by atoms with Gasteiger partial charge in [-0.1, -0.05) is 33.8 Å². The highest BCUT2D eigenvalue weighted by Crippen LogP contribution is 2.38. The van der Waals surface area contributed by atoms with E-state index >= 15 is 0 Å². The molecule has 0 spiro atoms. The van der Waals surface area contributed by atoms with Crippen molar-refractivity contribution in [2.24, 2.45) is 11.8 Å². The summed E-state index contributed by atoms with van der Waals surface area (Å²) in [6, 6.07) is 4.12. The number of likely N-dealkylation sites (N-methyl/N-ethyl adjacent to an activating group) is 1. The average Bonchev–Trinajstić information content (AvgIpc) is 2.55. The van der Waals surface area contributed by atoms with Crippen molar-refractivity contribution < 1.29 is 19.1 Å². The molecule has 5 nitrogen and oxygen atoms in total. The molecule has 1 aliphatic carbocycles. The zero-order chi connectivity index (χ0) is 17.9. The van der Waals surface area contributed by atoms with Crippen LogP contribution in [-0.4, -0.2) is 25.0 Å². The number of carbonyl (C=O) groups excluding carboxylic acids is 2. The second-order valence-electron chi connectivity index (χ2n) is 6.91. The van der Waals surface area contributed by atoms with Gasteiger partial charge in [-0.15, -0.1) is 0 Å². The van der Waals surface area contributed by atoms with E-state index in [9.17, 15) is 9.59 Å². The zero-order valence-corrected chi connectivity index (χ0v) is 15.1. The molecule has 24 heavy (non-hydrogen) atoms. The van der Waals surface area contributed by atoms with Crippen molar-refractivity contribution in [2.75, 3.05) is 7.05 Å². The standard InChI is InChI=1S/C19H27NO4/c1-11(2)18(21)23-16-9-6-13-10-14(20-5)7-8-15(13)17(16)24-19(22)12(3)4/h6,9,11-12,14,20H,7-8,10H2,1-5H3/t14-/m1/s1. The van der Waals surface area contributed by atoms with E-state index < -0.39 is 0 Å². The first kappa shape index (κ1) is 18.5. The van der Waals surface area contributed by atoms with E-state index in [4.69, 9.17) is 9.47 Å². The van der Waals surface area contributed by atoms with Crippen molar-refractivity contribution in [3.8, 4) is 11.5 Å². The summed E-state index contributed by atoms with van der Waals surface area (Å²) in [6.45, 7) is 7.12. The summed E-state index contributed by atoms with van der Waals surface area (Å²) in [7, 11) is 1.95. The Morgan fingerprint density at radius 2 is 1.71 bits per heavy atom. The van der Waals surface area contributed by atoms with Gasteiger partial charge in [0.15, 0.2) is 11.5 Å². The largest absolute Gasteiger partial charge is 0.422 e. The van der Waals surface area contributed by atoms with Crippen LogP contribution in [0, 0.1) is 11.8 Å². The zero-order valence-electron chi connectivity index (χ0n) is 15.1. The fourth-order valence-corrected chi connectivity index (χ4v) is 2.68. The minimum atomic E-state index is -0.333. The van der Waals surface area contributed by atoms with E-state index in [1.165, 1.54) is 0 Å². The molecule has 132 valence electrons. The molecule has 0 amide bonds. The van der Waals surface area contributed by atoms with E-state index in [0.29, 0.717) is 17.5 Å². The van der Waals surface area contributed by atoms with Gasteiger partial charge in [0, 0.05) is 11.6 Å². The maximum Gasteiger partial charge on any atom is 0.313 e. The molecule has 5 heteroatoms. The predicted octanol–water partition coefficient (Wildman–Crippen LogP) is 2.89. The van der Waals surface area contributed by atoms with Crippen molar-refractivity contribution in [3.05, 3.63) is 23.3 Å². The number of fused-ring (bicyclic) bond motifs is 1. The van der Waals surface area contributed by atoms with Gasteiger partial charge in [-0.2, -0.15) is 0 Å². The number of benzene rings is 1. The van der Waals surface area contributed by atoms with Crippen LogP contribution in [0.25, 0.3) is 0 Å². The van der Waals surface area contributed by atoms with Crippen molar-refractivity contribution in [1.82, 2.24) is 5.32 Å². The monoisotopic (exact) mass is 333 g/mol. The highest BCUT2D eigenvalue weighted by Gasteiger charge is 2.26. The van der Waals surface area contributed by atoms with Gasteiger partial charge in [0.25, 0.3) is 0 Å². The van der Waals surface area contributed by atoms with Crippen LogP contribution in [0.5, 0.6) is 11.5 Å². The molecule has 0 aromatic heterocycles. The average molecular weight is 333 g/mol. The molecular formula is C19H27NO4. The summed E-state index contributed by atoms with van der Waals surface area (Å²) in [5, 5.41) is 3.29. The molecule has 0 fully saturated rings. The molecule has 0 unspecified atom stereocenters. The molecule has 0 aliphatic heterocycles. The first-order valence-electron chi connectivity index (χ1n) is 8.58. The quantitative estimate of drug-likeness (QED) is 0.663. The van der Waals surface area contributed by atoms with Crippen molar-refractivity contribution in [3.63, 3.8) is 0 Å². The van der Waals surface area contributed by atoms with Crippen LogP contribution in [0.3, 0.4) is 0 Å². The lowest BCUT2D eigenvalue weighted by Gasteiger charge is -2.27. The van der Waals surface area contributed by atoms with Crippen LogP contribution in [0.15, 0.2) is 12.1 Å². The van der Waals surface area contributed by atoms with Gasteiger partial charge in [-0.25, -0.2) is 0 Å². The van der Waals surface area contributed by atoms with E-state index in [-0.39, 0.29) is 23.8 Å². The van der Waals surface area contributed by atoms with Crippen molar-refractivity contribution >= 4 is 11.9 Å². The molecule has 0 saturated carbocycles. The third-order valence-electron chi connectivity index (χ3n) is 4.29. The van der Waals surface area contributed by atoms with Crippen LogP contribution in [0.2, 0.25) is 0 Å². The molecule has 0 saturated heterocycles. The fourth-order valence-electron chi connectivity index (χ4n) is 2.68. The SMILES string of the molecule is CN[C@@H]1CCc2c(ccc(OC(=O)C(C)C)c2OC(=O)C(C)C)C1. The third-order valence-corrected chi connectivity index (χ3v) is 4.29. The minimum Gasteiger partial charge on any atom is -0.422 e. The maximum atomic E-state index is 12.1. The van der Waals surface area contributed by atoms with Crippen molar-refractivity contribution in [2.45, 2.75) is 53.0 Å². The molecule has 1 aromatic rings. The summed E-state index contributed by atoms with van der Waals surface area (Å²) >= 11 is 0. The molecular weight excluding hydrogens is 306 g/mol. The van der Waals surface area contributed by atoms with Crippen LogP contribution < -0.4 is 14.8 Å². The van der Waals surface area contributed by atoms with E-state index in [2.05, 4.69) is 5.32 Å². The van der Waals surface area contributed by atoms with Crippen LogP contribution in [0.1, 0.15) is 45.2 Å². The summed E-state index contributed by atoms with van der Waals surface area (Å²) in [5.41, 5.74) is 2.11. The van der Waals surface area contributed by atoms with E-state index in [0.717, 1.165) is 30.4 Å². The van der Waals surface area contributed by atoms with Gasteiger partial charge in [-0.3, -0.25) is 9.59 Å². The first-order valence-corrected chi connectivity index (χ1v) is 8.58. The van der Waals surface area contributed by atoms with Gasteiger partial charge < -0.3 is 14.8 Å². The second-order valence-corrected chi connectivity index (χ2v) is 6.91. The summed E-state index contributed by atoms with van der Waals surface area (Å²) < 4.78 is 11.1. The van der Waals surface area contributed by atoms with Crippen molar-refractivity contribution in [1.29, 1.82) is 0 Å². The number of hydrogen-bond donors (Lipinski definition) is 1. The van der Waals surface area contributed by atoms with Gasteiger partial charge in [-0.05, 0) is 37.9 Å². The molecule has 1 aromatic carbocycles. The van der Waals surface area contributed by atoms with Gasteiger partial charge in [0.05, 0.1) is 11.8 Å². The summed E-state index contributed by atoms with van der Waals surface area (Å²) in [6.07, 6.45) is 2.61. The Morgan fingerprint density at radius 3 is 2.29 bits per heavy atom. The highest BCUT2D eigenvalue weighted by molar-refractivity contribution is 5.79. The summed E-state index contributed by atoms with van der Waals surface area (Å²) in [4.78, 5) is 24.1. The number of hydrogen-bond acceptors (Lipinski definition) is 5. The molecule has 2 rings (SSSR count). The third kappa shape index (κ3) is 4.15. The molecule has 0 bridgehead atoms. The Balaban J connectivity index is 2.40. The first-order chi connectivity index (χ1) is 11.3. The highest BCUT2D eigenvalue weighted by atomic mass is 16.6. The number of carbonyl (C=O) groups is 2. The molecule has 0 radical (unpaired) electrons. The second kappa shape index (κ2) is 7.79. The number of ether oxygens (including phenoxy) is 2. The lowest BCUT2D eigenvalue weighted by atomic mass is 9.87. The Morgan fingerprint density at radius 1 is 1.08 bits per heavy atom. The Bertz CT molecular complexity index is 622. The Labute approximate surface area is 143 Å². The smallest absolute Gasteiger partial charge is 0.313 e. The molecule has 1 aliphatic rings. The lowest BCUT2D eigenvalue weighted by molar-refractivity contribution is -0.140. The number of rotatable bonds is 5. The van der Waals surface area contributed by atoms with Gasteiger partial charge in [0.1, 0.15) is 0 Å².